The van der Waals surface area contributed by atoms with Gasteiger partial charge >= 0.3 is 0 Å². The van der Waals surface area contributed by atoms with Crippen molar-refractivity contribution >= 4 is 17.5 Å². The summed E-state index contributed by atoms with van der Waals surface area (Å²) in [4.78, 5) is 11.7. The Kier molecular flexibility index (Phi) is 3.88. The number of aliphatic hydroxyl groups is 1. The van der Waals surface area contributed by atoms with E-state index in [0.717, 1.165) is 6.07 Å². The van der Waals surface area contributed by atoms with Gasteiger partial charge in [0.15, 0.2) is 0 Å². The predicted octanol–water partition coefficient (Wildman–Crippen LogP) is 1.98. The smallest absolute Gasteiger partial charge is 0.251 e. The topological polar surface area (TPSA) is 49.3 Å². The second kappa shape index (κ2) is 4.80. The normalized spacial score (nSPS) is 11.3. The molecule has 0 aliphatic carbocycles. The Bertz CT molecular complexity index is 407. The molecular weight excluding hydrogens is 233 g/mol. The van der Waals surface area contributed by atoms with E-state index in [-0.39, 0.29) is 17.2 Å². The van der Waals surface area contributed by atoms with Gasteiger partial charge in [-0.3, -0.25) is 4.79 Å². The summed E-state index contributed by atoms with van der Waals surface area (Å²) in [6.07, 6.45) is 0. The molecule has 0 spiro atoms. The zero-order valence-corrected chi connectivity index (χ0v) is 9.81. The van der Waals surface area contributed by atoms with Gasteiger partial charge in [-0.05, 0) is 32.0 Å². The zero-order valence-electron chi connectivity index (χ0n) is 9.05. The quantitative estimate of drug-likeness (QED) is 0.856. The molecule has 0 aliphatic rings. The van der Waals surface area contributed by atoms with Gasteiger partial charge in [0.1, 0.15) is 5.82 Å². The fourth-order valence-corrected chi connectivity index (χ4v) is 1.17. The Hall–Kier alpha value is -1.13. The van der Waals surface area contributed by atoms with Gasteiger partial charge in [0.25, 0.3) is 5.91 Å². The van der Waals surface area contributed by atoms with Gasteiger partial charge in [0.2, 0.25) is 0 Å². The Balaban J connectivity index is 2.85. The third kappa shape index (κ3) is 3.18. The van der Waals surface area contributed by atoms with Crippen molar-refractivity contribution in [3.05, 3.63) is 34.6 Å². The molecule has 0 radical (unpaired) electrons. The Labute approximate surface area is 98.2 Å². The number of hydrogen-bond acceptors (Lipinski definition) is 2. The van der Waals surface area contributed by atoms with Crippen LogP contribution in [-0.2, 0) is 0 Å². The molecule has 0 saturated carbocycles. The van der Waals surface area contributed by atoms with Gasteiger partial charge in [-0.15, -0.1) is 0 Å². The molecule has 16 heavy (non-hydrogen) atoms. The number of rotatable bonds is 3. The molecular formula is C11H13ClFNO2. The van der Waals surface area contributed by atoms with E-state index in [2.05, 4.69) is 5.32 Å². The molecule has 0 unspecified atom stereocenters. The molecule has 1 aromatic carbocycles. The first kappa shape index (κ1) is 12.9. The third-order valence-corrected chi connectivity index (χ3v) is 2.34. The highest BCUT2D eigenvalue weighted by Gasteiger charge is 2.20. The van der Waals surface area contributed by atoms with Crippen molar-refractivity contribution in [3.8, 4) is 0 Å². The van der Waals surface area contributed by atoms with Crippen molar-refractivity contribution in [2.24, 2.45) is 0 Å². The number of hydrogen-bond donors (Lipinski definition) is 2. The molecule has 0 fully saturated rings. The minimum Gasteiger partial charge on any atom is -0.394 e. The zero-order chi connectivity index (χ0) is 12.3. The molecule has 0 heterocycles. The van der Waals surface area contributed by atoms with E-state index < -0.39 is 17.3 Å². The van der Waals surface area contributed by atoms with Crippen molar-refractivity contribution in [2.75, 3.05) is 6.61 Å². The standard InChI is InChI=1S/C11H13ClFNO2/c1-11(2,6-15)14-10(16)7-3-4-8(12)9(13)5-7/h3-5,15H,6H2,1-2H3,(H,14,16). The molecule has 3 nitrogen and oxygen atoms in total. The highest BCUT2D eigenvalue weighted by Crippen LogP contribution is 2.16. The van der Waals surface area contributed by atoms with Gasteiger partial charge in [0.05, 0.1) is 17.2 Å². The SMILES string of the molecule is CC(C)(CO)NC(=O)c1ccc(Cl)c(F)c1. The van der Waals surface area contributed by atoms with Crippen molar-refractivity contribution in [1.29, 1.82) is 0 Å². The summed E-state index contributed by atoms with van der Waals surface area (Å²) in [5.74, 6) is -1.09. The summed E-state index contributed by atoms with van der Waals surface area (Å²) >= 11 is 5.50. The van der Waals surface area contributed by atoms with Crippen LogP contribution in [0.2, 0.25) is 5.02 Å². The first-order valence-corrected chi connectivity index (χ1v) is 5.12. The number of benzene rings is 1. The predicted molar refractivity (Wildman–Crippen MR) is 60.0 cm³/mol. The molecule has 1 rings (SSSR count). The monoisotopic (exact) mass is 245 g/mol. The van der Waals surface area contributed by atoms with Crippen LogP contribution in [0.1, 0.15) is 24.2 Å². The van der Waals surface area contributed by atoms with E-state index >= 15 is 0 Å². The van der Waals surface area contributed by atoms with Crippen LogP contribution in [0.4, 0.5) is 4.39 Å². The van der Waals surface area contributed by atoms with E-state index in [9.17, 15) is 9.18 Å². The van der Waals surface area contributed by atoms with E-state index in [4.69, 9.17) is 16.7 Å². The van der Waals surface area contributed by atoms with Crippen LogP contribution in [0.3, 0.4) is 0 Å². The second-order valence-electron chi connectivity index (χ2n) is 4.13. The van der Waals surface area contributed by atoms with Gasteiger partial charge < -0.3 is 10.4 Å². The number of aliphatic hydroxyl groups excluding tert-OH is 1. The summed E-state index contributed by atoms with van der Waals surface area (Å²) in [6, 6.07) is 3.80. The summed E-state index contributed by atoms with van der Waals surface area (Å²) in [5, 5.41) is 11.5. The number of nitrogens with one attached hydrogen (secondary N) is 1. The lowest BCUT2D eigenvalue weighted by Gasteiger charge is -2.23. The van der Waals surface area contributed by atoms with E-state index in [1.807, 2.05) is 0 Å². The molecule has 0 saturated heterocycles. The maximum absolute atomic E-state index is 13.1. The number of carbonyl (C=O) groups excluding carboxylic acids is 1. The fourth-order valence-electron chi connectivity index (χ4n) is 1.06. The van der Waals surface area contributed by atoms with Crippen molar-refractivity contribution in [2.45, 2.75) is 19.4 Å². The minimum atomic E-state index is -0.743. The van der Waals surface area contributed by atoms with Crippen LogP contribution in [0.15, 0.2) is 18.2 Å². The highest BCUT2D eigenvalue weighted by atomic mass is 35.5. The molecule has 5 heteroatoms. The van der Waals surface area contributed by atoms with Crippen LogP contribution < -0.4 is 5.32 Å². The highest BCUT2D eigenvalue weighted by molar-refractivity contribution is 6.30. The maximum atomic E-state index is 13.1. The van der Waals surface area contributed by atoms with E-state index in [1.54, 1.807) is 13.8 Å². The lowest BCUT2D eigenvalue weighted by molar-refractivity contribution is 0.0869. The molecule has 2 N–H and O–H groups in total. The molecule has 1 aromatic rings. The Morgan fingerprint density at radius 2 is 2.19 bits per heavy atom. The molecule has 0 aliphatic heterocycles. The molecule has 1 amide bonds. The van der Waals surface area contributed by atoms with Crippen LogP contribution in [0.5, 0.6) is 0 Å². The fraction of sp³-hybridized carbons (Fsp3) is 0.364. The van der Waals surface area contributed by atoms with Gasteiger partial charge in [-0.2, -0.15) is 0 Å². The largest absolute Gasteiger partial charge is 0.394 e. The van der Waals surface area contributed by atoms with Crippen molar-refractivity contribution in [1.82, 2.24) is 5.32 Å². The summed E-state index contributed by atoms with van der Waals surface area (Å²) in [6.45, 7) is 3.13. The van der Waals surface area contributed by atoms with Crippen molar-refractivity contribution < 1.29 is 14.3 Å². The van der Waals surface area contributed by atoms with E-state index in [1.165, 1.54) is 12.1 Å². The summed E-state index contributed by atoms with van der Waals surface area (Å²) in [5.41, 5.74) is -0.573. The molecule has 0 bridgehead atoms. The van der Waals surface area contributed by atoms with Gasteiger partial charge in [0, 0.05) is 5.56 Å². The van der Waals surface area contributed by atoms with Crippen LogP contribution in [0.25, 0.3) is 0 Å². The van der Waals surface area contributed by atoms with Crippen LogP contribution >= 0.6 is 11.6 Å². The minimum absolute atomic E-state index is 0.0297. The van der Waals surface area contributed by atoms with Crippen molar-refractivity contribution in [3.63, 3.8) is 0 Å². The first-order chi connectivity index (χ1) is 7.35. The first-order valence-electron chi connectivity index (χ1n) is 4.74. The van der Waals surface area contributed by atoms with Gasteiger partial charge in [-0.25, -0.2) is 4.39 Å². The maximum Gasteiger partial charge on any atom is 0.251 e. The summed E-state index contributed by atoms with van der Waals surface area (Å²) < 4.78 is 13.1. The molecule has 0 atom stereocenters. The van der Waals surface area contributed by atoms with E-state index in [0.29, 0.717) is 0 Å². The number of halogens is 2. The number of carbonyl (C=O) groups is 1. The average molecular weight is 246 g/mol. The van der Waals surface area contributed by atoms with Gasteiger partial charge in [-0.1, -0.05) is 11.6 Å². The lowest BCUT2D eigenvalue weighted by atomic mass is 10.1. The second-order valence-corrected chi connectivity index (χ2v) is 4.53. The Morgan fingerprint density at radius 3 is 2.69 bits per heavy atom. The number of amides is 1. The molecule has 0 aromatic heterocycles. The summed E-state index contributed by atoms with van der Waals surface area (Å²) in [7, 11) is 0. The molecule has 88 valence electrons. The Morgan fingerprint density at radius 1 is 1.56 bits per heavy atom. The van der Waals surface area contributed by atoms with Crippen LogP contribution in [0, 0.1) is 5.82 Å². The van der Waals surface area contributed by atoms with Crippen LogP contribution in [-0.4, -0.2) is 23.2 Å². The third-order valence-electron chi connectivity index (χ3n) is 2.03. The average Bonchev–Trinajstić information content (AvgIpc) is 2.21. The lowest BCUT2D eigenvalue weighted by Crippen LogP contribution is -2.46.